The molecule has 0 bridgehead atoms. The van der Waals surface area contributed by atoms with E-state index < -0.39 is 5.91 Å². The lowest BCUT2D eigenvalue weighted by Gasteiger charge is -2.15. The van der Waals surface area contributed by atoms with Gasteiger partial charge in [-0.05, 0) is 31.0 Å². The highest BCUT2D eigenvalue weighted by atomic mass is 35.5. The van der Waals surface area contributed by atoms with E-state index in [1.807, 2.05) is 19.9 Å². The Morgan fingerprint density at radius 1 is 1.56 bits per heavy atom. The van der Waals surface area contributed by atoms with E-state index in [4.69, 9.17) is 22.1 Å². The number of nitrogens with two attached hydrogens (primary N) is 1. The number of carbonyl (C=O) groups excluding carboxylic acids is 1. The van der Waals surface area contributed by atoms with Crippen molar-refractivity contribution in [3.05, 3.63) is 22.2 Å². The number of anilines is 1. The highest BCUT2D eigenvalue weighted by molar-refractivity contribution is 6.32. The molecule has 0 aliphatic rings. The lowest BCUT2D eigenvalue weighted by atomic mass is 10.1. The predicted molar refractivity (Wildman–Crippen MR) is 65.2 cm³/mol. The Morgan fingerprint density at radius 3 is 2.69 bits per heavy atom. The molecule has 0 atom stereocenters. The third-order valence-electron chi connectivity index (χ3n) is 2.30. The zero-order chi connectivity index (χ0) is 12.3. The van der Waals surface area contributed by atoms with E-state index in [2.05, 4.69) is 5.32 Å². The highest BCUT2D eigenvalue weighted by Gasteiger charge is 2.12. The van der Waals surface area contributed by atoms with Crippen LogP contribution in [0, 0.1) is 13.8 Å². The molecular weight excluding hydrogens is 228 g/mol. The van der Waals surface area contributed by atoms with Crippen molar-refractivity contribution in [2.45, 2.75) is 13.8 Å². The quantitative estimate of drug-likeness (QED) is 0.847. The number of benzene rings is 1. The van der Waals surface area contributed by atoms with Crippen LogP contribution < -0.4 is 15.8 Å². The van der Waals surface area contributed by atoms with E-state index in [0.717, 1.165) is 11.1 Å². The first-order valence-corrected chi connectivity index (χ1v) is 5.21. The average molecular weight is 243 g/mol. The fourth-order valence-electron chi connectivity index (χ4n) is 1.48. The largest absolute Gasteiger partial charge is 0.495 e. The van der Waals surface area contributed by atoms with Gasteiger partial charge in [0.25, 0.3) is 0 Å². The summed E-state index contributed by atoms with van der Waals surface area (Å²) in [5.74, 6) is 0.221. The van der Waals surface area contributed by atoms with Gasteiger partial charge in [0.2, 0.25) is 5.91 Å². The van der Waals surface area contributed by atoms with Gasteiger partial charge >= 0.3 is 0 Å². The molecule has 0 saturated carbocycles. The van der Waals surface area contributed by atoms with Crippen LogP contribution in [0.4, 0.5) is 5.69 Å². The number of methoxy groups -OCH3 is 1. The molecule has 0 fully saturated rings. The summed E-state index contributed by atoms with van der Waals surface area (Å²) in [5, 5.41) is 3.58. The maximum Gasteiger partial charge on any atom is 0.236 e. The Hall–Kier alpha value is -1.42. The van der Waals surface area contributed by atoms with E-state index in [0.29, 0.717) is 16.5 Å². The Kier molecular flexibility index (Phi) is 4.01. The van der Waals surface area contributed by atoms with Crippen molar-refractivity contribution in [3.8, 4) is 5.75 Å². The molecule has 3 N–H and O–H groups in total. The third kappa shape index (κ3) is 2.58. The molecule has 0 heterocycles. The summed E-state index contributed by atoms with van der Waals surface area (Å²) in [7, 11) is 1.57. The minimum Gasteiger partial charge on any atom is -0.495 e. The second-order valence-corrected chi connectivity index (χ2v) is 3.91. The number of rotatable bonds is 4. The summed E-state index contributed by atoms with van der Waals surface area (Å²) in [5.41, 5.74) is 7.56. The van der Waals surface area contributed by atoms with Crippen LogP contribution in [-0.4, -0.2) is 19.6 Å². The third-order valence-corrected chi connectivity index (χ3v) is 2.89. The Morgan fingerprint density at radius 2 is 2.19 bits per heavy atom. The van der Waals surface area contributed by atoms with Crippen molar-refractivity contribution in [1.29, 1.82) is 0 Å². The number of nitrogens with one attached hydrogen (secondary N) is 1. The van der Waals surface area contributed by atoms with Crippen LogP contribution in [0.5, 0.6) is 5.75 Å². The predicted octanol–water partition coefficient (Wildman–Crippen LogP) is 1.86. The molecule has 0 spiro atoms. The monoisotopic (exact) mass is 242 g/mol. The highest BCUT2D eigenvalue weighted by Crippen LogP contribution is 2.35. The zero-order valence-electron chi connectivity index (χ0n) is 9.56. The van der Waals surface area contributed by atoms with Crippen molar-refractivity contribution in [2.75, 3.05) is 19.0 Å². The van der Waals surface area contributed by atoms with E-state index in [9.17, 15) is 4.79 Å². The summed E-state index contributed by atoms with van der Waals surface area (Å²) < 4.78 is 5.22. The maximum absolute atomic E-state index is 10.7. The Labute approximate surface area is 99.7 Å². The van der Waals surface area contributed by atoms with Gasteiger partial charge in [-0.15, -0.1) is 0 Å². The van der Waals surface area contributed by atoms with Crippen molar-refractivity contribution in [1.82, 2.24) is 0 Å². The van der Waals surface area contributed by atoms with Gasteiger partial charge in [0.15, 0.2) is 0 Å². The molecule has 1 aromatic carbocycles. The van der Waals surface area contributed by atoms with Gasteiger partial charge in [0.1, 0.15) is 5.75 Å². The van der Waals surface area contributed by atoms with Crippen molar-refractivity contribution in [3.63, 3.8) is 0 Å². The molecule has 1 rings (SSSR count). The van der Waals surface area contributed by atoms with Crippen LogP contribution in [0.25, 0.3) is 0 Å². The second-order valence-electron chi connectivity index (χ2n) is 3.53. The summed E-state index contributed by atoms with van der Waals surface area (Å²) in [6, 6.07) is 1.82. The summed E-state index contributed by atoms with van der Waals surface area (Å²) in [4.78, 5) is 10.7. The van der Waals surface area contributed by atoms with Gasteiger partial charge in [-0.1, -0.05) is 11.6 Å². The average Bonchev–Trinajstić information content (AvgIpc) is 2.23. The smallest absolute Gasteiger partial charge is 0.236 e. The number of halogens is 1. The molecule has 1 amide bonds. The molecule has 4 nitrogen and oxygen atoms in total. The van der Waals surface area contributed by atoms with E-state index in [1.54, 1.807) is 7.11 Å². The van der Waals surface area contributed by atoms with Gasteiger partial charge in [-0.25, -0.2) is 0 Å². The fourth-order valence-corrected chi connectivity index (χ4v) is 1.63. The number of primary amides is 1. The van der Waals surface area contributed by atoms with Gasteiger partial charge < -0.3 is 15.8 Å². The van der Waals surface area contributed by atoms with Crippen molar-refractivity contribution < 1.29 is 9.53 Å². The molecule has 0 aromatic heterocycles. The summed E-state index contributed by atoms with van der Waals surface area (Å²) in [6.07, 6.45) is 0. The molecule has 0 unspecified atom stereocenters. The number of amides is 1. The van der Waals surface area contributed by atoms with Gasteiger partial charge in [0.05, 0.1) is 19.3 Å². The summed E-state index contributed by atoms with van der Waals surface area (Å²) in [6.45, 7) is 3.81. The molecule has 88 valence electrons. The number of hydrogen-bond acceptors (Lipinski definition) is 3. The molecule has 0 aliphatic heterocycles. The molecule has 16 heavy (non-hydrogen) atoms. The first kappa shape index (κ1) is 12.6. The van der Waals surface area contributed by atoms with Crippen LogP contribution in [0.3, 0.4) is 0 Å². The zero-order valence-corrected chi connectivity index (χ0v) is 10.3. The Bertz CT molecular complexity index is 419. The van der Waals surface area contributed by atoms with Gasteiger partial charge in [-0.2, -0.15) is 0 Å². The number of ether oxygens (including phenoxy) is 1. The van der Waals surface area contributed by atoms with E-state index in [-0.39, 0.29) is 6.54 Å². The van der Waals surface area contributed by atoms with E-state index >= 15 is 0 Å². The lowest BCUT2D eigenvalue weighted by molar-refractivity contribution is -0.116. The summed E-state index contributed by atoms with van der Waals surface area (Å²) >= 11 is 6.12. The van der Waals surface area contributed by atoms with Crippen molar-refractivity contribution >= 4 is 23.2 Å². The maximum atomic E-state index is 10.7. The van der Waals surface area contributed by atoms with E-state index in [1.165, 1.54) is 0 Å². The molecule has 5 heteroatoms. The minimum absolute atomic E-state index is 0.0522. The number of hydrogen-bond donors (Lipinski definition) is 2. The van der Waals surface area contributed by atoms with Crippen LogP contribution in [-0.2, 0) is 4.79 Å². The number of aryl methyl sites for hydroxylation is 1. The molecule has 1 aromatic rings. The first-order valence-electron chi connectivity index (χ1n) is 4.83. The van der Waals surface area contributed by atoms with Gasteiger partial charge in [0, 0.05) is 5.02 Å². The topological polar surface area (TPSA) is 64.3 Å². The minimum atomic E-state index is -0.432. The van der Waals surface area contributed by atoms with Crippen LogP contribution in [0.15, 0.2) is 6.07 Å². The standard InChI is InChI=1S/C11H15ClN2O2/c1-6-4-8(16-3)11(7(2)10(6)12)14-5-9(13)15/h4,14H,5H2,1-3H3,(H2,13,15). The van der Waals surface area contributed by atoms with Crippen LogP contribution in [0.1, 0.15) is 11.1 Å². The Balaban J connectivity index is 3.14. The normalized spacial score (nSPS) is 10.0. The molecule has 0 aliphatic carbocycles. The molecule has 0 radical (unpaired) electrons. The van der Waals surface area contributed by atoms with Crippen LogP contribution in [0.2, 0.25) is 5.02 Å². The first-order chi connectivity index (χ1) is 7.47. The fraction of sp³-hybridized carbons (Fsp3) is 0.364. The van der Waals surface area contributed by atoms with Gasteiger partial charge in [-0.3, -0.25) is 4.79 Å². The lowest BCUT2D eigenvalue weighted by Crippen LogP contribution is -2.22. The molecule has 0 saturated heterocycles. The molecular formula is C11H15ClN2O2. The number of carbonyl (C=O) groups is 1. The SMILES string of the molecule is COc1cc(C)c(Cl)c(C)c1NCC(N)=O. The van der Waals surface area contributed by atoms with Crippen LogP contribution >= 0.6 is 11.6 Å². The van der Waals surface area contributed by atoms with Crippen molar-refractivity contribution in [2.24, 2.45) is 5.73 Å². The second kappa shape index (κ2) is 5.07.